The molecule has 0 heterocycles. The molecule has 0 fully saturated rings. The largest absolute Gasteiger partial charge is 0.352 e. The van der Waals surface area contributed by atoms with Crippen LogP contribution < -0.4 is 16.0 Å². The zero-order valence-electron chi connectivity index (χ0n) is 19.2. The van der Waals surface area contributed by atoms with Gasteiger partial charge < -0.3 is 16.0 Å². The SMILES string of the molecule is C[C@H](NCC(=O)Nc1ccccc1C(=O)NCCc1ccccc1)c1ccc(S(C)(=O)=O)cc1. The van der Waals surface area contributed by atoms with E-state index < -0.39 is 9.84 Å². The highest BCUT2D eigenvalue weighted by Gasteiger charge is 2.14. The molecule has 0 spiro atoms. The number of hydrogen-bond acceptors (Lipinski definition) is 5. The molecule has 178 valence electrons. The van der Waals surface area contributed by atoms with Gasteiger partial charge in [-0.25, -0.2) is 8.42 Å². The van der Waals surface area contributed by atoms with Crippen LogP contribution in [0.4, 0.5) is 5.69 Å². The lowest BCUT2D eigenvalue weighted by atomic mass is 10.1. The minimum atomic E-state index is -3.25. The van der Waals surface area contributed by atoms with Crippen LogP contribution in [0, 0.1) is 0 Å². The fraction of sp³-hybridized carbons (Fsp3) is 0.231. The smallest absolute Gasteiger partial charge is 0.253 e. The fourth-order valence-corrected chi connectivity index (χ4v) is 4.04. The number of anilines is 1. The molecule has 0 aliphatic heterocycles. The average molecular weight is 480 g/mol. The zero-order valence-corrected chi connectivity index (χ0v) is 20.1. The average Bonchev–Trinajstić information content (AvgIpc) is 2.83. The number of carbonyl (C=O) groups is 2. The van der Waals surface area contributed by atoms with Crippen molar-refractivity contribution in [2.45, 2.75) is 24.3 Å². The second-order valence-electron chi connectivity index (χ2n) is 8.03. The Morgan fingerprint density at radius 2 is 1.53 bits per heavy atom. The van der Waals surface area contributed by atoms with Crippen LogP contribution in [0.1, 0.15) is 34.5 Å². The molecule has 0 aliphatic rings. The van der Waals surface area contributed by atoms with Gasteiger partial charge in [0.05, 0.1) is 22.7 Å². The first-order chi connectivity index (χ1) is 16.2. The molecule has 0 aliphatic carbocycles. The Morgan fingerprint density at radius 3 is 2.21 bits per heavy atom. The van der Waals surface area contributed by atoms with Crippen LogP contribution >= 0.6 is 0 Å². The summed E-state index contributed by atoms with van der Waals surface area (Å²) in [5.74, 6) is -0.539. The summed E-state index contributed by atoms with van der Waals surface area (Å²) < 4.78 is 23.2. The number of hydrogen-bond donors (Lipinski definition) is 3. The quantitative estimate of drug-likeness (QED) is 0.414. The van der Waals surface area contributed by atoms with E-state index >= 15 is 0 Å². The topological polar surface area (TPSA) is 104 Å². The summed E-state index contributed by atoms with van der Waals surface area (Å²) in [4.78, 5) is 25.4. The van der Waals surface area contributed by atoms with Crippen LogP contribution in [-0.2, 0) is 21.1 Å². The molecule has 0 saturated carbocycles. The summed E-state index contributed by atoms with van der Waals surface area (Å²) in [6.07, 6.45) is 1.88. The van der Waals surface area contributed by atoms with E-state index in [0.717, 1.165) is 17.4 Å². The Kier molecular flexibility index (Phi) is 8.56. The first-order valence-corrected chi connectivity index (χ1v) is 12.9. The van der Waals surface area contributed by atoms with Crippen molar-refractivity contribution >= 4 is 27.3 Å². The van der Waals surface area contributed by atoms with E-state index in [9.17, 15) is 18.0 Å². The summed E-state index contributed by atoms with van der Waals surface area (Å²) in [6, 6.07) is 23.1. The highest BCUT2D eigenvalue weighted by Crippen LogP contribution is 2.17. The molecule has 0 bridgehead atoms. The Hall–Kier alpha value is -3.49. The Labute approximate surface area is 200 Å². The molecule has 7 nitrogen and oxygen atoms in total. The number of sulfone groups is 1. The number of para-hydroxylation sites is 1. The van der Waals surface area contributed by atoms with Gasteiger partial charge in [-0.2, -0.15) is 0 Å². The van der Waals surface area contributed by atoms with Crippen molar-refractivity contribution in [1.29, 1.82) is 0 Å². The number of carbonyl (C=O) groups excluding carboxylic acids is 2. The molecule has 0 radical (unpaired) electrons. The number of amides is 2. The van der Waals surface area contributed by atoms with Crippen LogP contribution in [0.15, 0.2) is 83.8 Å². The van der Waals surface area contributed by atoms with Gasteiger partial charge in [0.2, 0.25) is 5.91 Å². The molecule has 3 N–H and O–H groups in total. The highest BCUT2D eigenvalue weighted by molar-refractivity contribution is 7.90. The van der Waals surface area contributed by atoms with Gasteiger partial charge in [0.25, 0.3) is 5.91 Å². The van der Waals surface area contributed by atoms with Crippen LogP contribution in [0.25, 0.3) is 0 Å². The molecular formula is C26H29N3O4S. The number of benzene rings is 3. The molecule has 0 unspecified atom stereocenters. The van der Waals surface area contributed by atoms with Gasteiger partial charge in [-0.3, -0.25) is 9.59 Å². The van der Waals surface area contributed by atoms with Crippen molar-refractivity contribution in [2.75, 3.05) is 24.7 Å². The third kappa shape index (κ3) is 7.26. The zero-order chi connectivity index (χ0) is 24.6. The van der Waals surface area contributed by atoms with E-state index in [-0.39, 0.29) is 29.3 Å². The molecule has 3 rings (SSSR count). The minimum absolute atomic E-state index is 0.0267. The van der Waals surface area contributed by atoms with E-state index in [1.165, 1.54) is 0 Å². The summed E-state index contributed by atoms with van der Waals surface area (Å²) in [6.45, 7) is 2.40. The first-order valence-electron chi connectivity index (χ1n) is 11.0. The second kappa shape index (κ2) is 11.6. The van der Waals surface area contributed by atoms with Crippen LogP contribution in [0.2, 0.25) is 0 Å². The normalized spacial score (nSPS) is 12.1. The standard InChI is InChI=1S/C26H29N3O4S/c1-19(21-12-14-22(15-13-21)34(2,32)33)28-18-25(30)29-24-11-7-6-10-23(24)26(31)27-17-16-20-8-4-3-5-9-20/h3-15,19,28H,16-18H2,1-2H3,(H,27,31)(H,29,30)/t19-/m0/s1. The van der Waals surface area contributed by atoms with E-state index in [4.69, 9.17) is 0 Å². The highest BCUT2D eigenvalue weighted by atomic mass is 32.2. The predicted octanol–water partition coefficient (Wildman–Crippen LogP) is 3.35. The van der Waals surface area contributed by atoms with Crippen LogP contribution in [0.5, 0.6) is 0 Å². The van der Waals surface area contributed by atoms with Gasteiger partial charge in [-0.15, -0.1) is 0 Å². The lowest BCUT2D eigenvalue weighted by molar-refractivity contribution is -0.115. The molecule has 8 heteroatoms. The van der Waals surface area contributed by atoms with Crippen molar-refractivity contribution in [3.8, 4) is 0 Å². The molecule has 2 amide bonds. The molecular weight excluding hydrogens is 450 g/mol. The molecule has 0 aromatic heterocycles. The third-order valence-electron chi connectivity index (χ3n) is 5.36. The molecule has 0 saturated heterocycles. The van der Waals surface area contributed by atoms with Gasteiger partial charge >= 0.3 is 0 Å². The molecule has 34 heavy (non-hydrogen) atoms. The van der Waals surface area contributed by atoms with Gasteiger partial charge in [0.15, 0.2) is 9.84 Å². The van der Waals surface area contributed by atoms with Gasteiger partial charge in [-0.1, -0.05) is 54.6 Å². The maximum atomic E-state index is 12.7. The van der Waals surface area contributed by atoms with Gasteiger partial charge in [0.1, 0.15) is 0 Å². The van der Waals surface area contributed by atoms with E-state index in [2.05, 4.69) is 16.0 Å². The maximum absolute atomic E-state index is 12.7. The summed E-state index contributed by atoms with van der Waals surface area (Å²) in [5.41, 5.74) is 2.83. The second-order valence-corrected chi connectivity index (χ2v) is 10.0. The lowest BCUT2D eigenvalue weighted by Crippen LogP contribution is -2.31. The minimum Gasteiger partial charge on any atom is -0.352 e. The van der Waals surface area contributed by atoms with Crippen LogP contribution in [0.3, 0.4) is 0 Å². The summed E-state index contributed by atoms with van der Waals surface area (Å²) in [5, 5.41) is 8.81. The Bertz CT molecular complexity index is 1230. The van der Waals surface area contributed by atoms with Gasteiger partial charge in [0, 0.05) is 18.8 Å². The Balaban J connectivity index is 1.53. The number of rotatable bonds is 10. The van der Waals surface area contributed by atoms with Crippen molar-refractivity contribution in [2.24, 2.45) is 0 Å². The molecule has 3 aromatic carbocycles. The first kappa shape index (κ1) is 25.1. The summed E-state index contributed by atoms with van der Waals surface area (Å²) >= 11 is 0. The third-order valence-corrected chi connectivity index (χ3v) is 6.49. The fourth-order valence-electron chi connectivity index (χ4n) is 3.41. The predicted molar refractivity (Wildman–Crippen MR) is 134 cm³/mol. The van der Waals surface area contributed by atoms with Crippen molar-refractivity contribution in [3.63, 3.8) is 0 Å². The van der Waals surface area contributed by atoms with Crippen molar-refractivity contribution in [1.82, 2.24) is 10.6 Å². The van der Waals surface area contributed by atoms with E-state index in [0.29, 0.717) is 24.2 Å². The van der Waals surface area contributed by atoms with E-state index in [1.807, 2.05) is 37.3 Å². The van der Waals surface area contributed by atoms with Crippen molar-refractivity contribution < 1.29 is 18.0 Å². The van der Waals surface area contributed by atoms with Crippen LogP contribution in [-0.4, -0.2) is 39.6 Å². The molecule has 3 aromatic rings. The number of nitrogens with one attached hydrogen (secondary N) is 3. The summed E-state index contributed by atoms with van der Waals surface area (Å²) in [7, 11) is -3.25. The monoisotopic (exact) mass is 479 g/mol. The van der Waals surface area contributed by atoms with E-state index in [1.54, 1.807) is 48.5 Å². The van der Waals surface area contributed by atoms with Gasteiger partial charge in [-0.05, 0) is 48.7 Å². The Morgan fingerprint density at radius 1 is 0.882 bits per heavy atom. The maximum Gasteiger partial charge on any atom is 0.253 e. The molecule has 1 atom stereocenters. The van der Waals surface area contributed by atoms with Crippen molar-refractivity contribution in [3.05, 3.63) is 95.6 Å². The lowest BCUT2D eigenvalue weighted by Gasteiger charge is -2.16.